The van der Waals surface area contributed by atoms with Crippen LogP contribution in [0.4, 0.5) is 5.82 Å². The first-order valence-electron chi connectivity index (χ1n) is 8.03. The van der Waals surface area contributed by atoms with Crippen molar-refractivity contribution in [3.05, 3.63) is 48.3 Å². The van der Waals surface area contributed by atoms with Gasteiger partial charge in [0.05, 0.1) is 5.52 Å². The molecule has 2 heterocycles. The minimum absolute atomic E-state index is 0.277. The Morgan fingerprint density at radius 3 is 2.52 bits per heavy atom. The summed E-state index contributed by atoms with van der Waals surface area (Å²) in [5.41, 5.74) is 3.00. The van der Waals surface area contributed by atoms with Crippen LogP contribution >= 0.6 is 0 Å². The van der Waals surface area contributed by atoms with E-state index in [4.69, 9.17) is 0 Å². The fourth-order valence-electron chi connectivity index (χ4n) is 3.26. The van der Waals surface area contributed by atoms with E-state index in [2.05, 4.69) is 33.1 Å². The molecule has 0 spiro atoms. The maximum absolute atomic E-state index is 9.69. The van der Waals surface area contributed by atoms with Gasteiger partial charge < -0.3 is 10.0 Å². The molecule has 1 saturated heterocycles. The second-order valence-electron chi connectivity index (χ2n) is 6.07. The number of nitrogens with zero attached hydrogens (tertiary/aromatic N) is 3. The highest BCUT2D eigenvalue weighted by molar-refractivity contribution is 5.92. The average Bonchev–Trinajstić information content (AvgIpc) is 3.07. The molecule has 23 heavy (non-hydrogen) atoms. The van der Waals surface area contributed by atoms with Gasteiger partial charge in [0.1, 0.15) is 17.4 Å². The van der Waals surface area contributed by atoms with E-state index in [9.17, 15) is 5.11 Å². The molecular formula is C19H19N3O. The molecule has 116 valence electrons. The van der Waals surface area contributed by atoms with Crippen LogP contribution < -0.4 is 4.90 Å². The summed E-state index contributed by atoms with van der Waals surface area (Å²) < 4.78 is 0. The van der Waals surface area contributed by atoms with Gasteiger partial charge in [0, 0.05) is 18.5 Å². The number of hydrogen-bond donors (Lipinski definition) is 1. The lowest BCUT2D eigenvalue weighted by molar-refractivity contribution is 0.475. The molecule has 1 N–H and O–H groups in total. The Labute approximate surface area is 135 Å². The number of aryl methyl sites for hydroxylation is 1. The van der Waals surface area contributed by atoms with E-state index < -0.39 is 0 Å². The number of anilines is 1. The van der Waals surface area contributed by atoms with Gasteiger partial charge in [0.25, 0.3) is 0 Å². The minimum atomic E-state index is 0.277. The van der Waals surface area contributed by atoms with Crippen LogP contribution in [0.15, 0.2) is 42.5 Å². The Morgan fingerprint density at radius 2 is 1.74 bits per heavy atom. The number of phenolic OH excluding ortho intramolecular Hbond substituents is 1. The lowest BCUT2D eigenvalue weighted by Gasteiger charge is -2.19. The molecule has 0 amide bonds. The van der Waals surface area contributed by atoms with Crippen molar-refractivity contribution in [2.45, 2.75) is 19.8 Å². The Bertz CT molecular complexity index is 870. The standard InChI is InChI=1S/C19H19N3O/c1-13-20-18-12-15(14-5-4-6-16(23)11-14)7-8-17(18)19(21-13)22-9-2-3-10-22/h4-8,11-12,23H,2-3,9-10H2,1H3. The highest BCUT2D eigenvalue weighted by atomic mass is 16.3. The molecule has 4 rings (SSSR count). The molecule has 1 aliphatic heterocycles. The third-order valence-corrected chi connectivity index (χ3v) is 4.37. The number of rotatable bonds is 2. The first kappa shape index (κ1) is 14.0. The van der Waals surface area contributed by atoms with Crippen LogP contribution in [-0.4, -0.2) is 28.2 Å². The van der Waals surface area contributed by atoms with Crippen molar-refractivity contribution in [1.29, 1.82) is 0 Å². The first-order chi connectivity index (χ1) is 11.2. The van der Waals surface area contributed by atoms with Crippen molar-refractivity contribution in [1.82, 2.24) is 9.97 Å². The smallest absolute Gasteiger partial charge is 0.140 e. The van der Waals surface area contributed by atoms with Crippen LogP contribution in [0, 0.1) is 6.92 Å². The Morgan fingerprint density at radius 1 is 0.957 bits per heavy atom. The van der Waals surface area contributed by atoms with Gasteiger partial charge in [-0.05, 0) is 55.2 Å². The second kappa shape index (κ2) is 5.54. The summed E-state index contributed by atoms with van der Waals surface area (Å²) in [5, 5.41) is 10.8. The predicted octanol–water partition coefficient (Wildman–Crippen LogP) is 3.91. The van der Waals surface area contributed by atoms with Gasteiger partial charge in [-0.25, -0.2) is 9.97 Å². The van der Waals surface area contributed by atoms with Crippen LogP contribution in [0.5, 0.6) is 5.75 Å². The number of phenols is 1. The van der Waals surface area contributed by atoms with E-state index in [1.807, 2.05) is 19.1 Å². The molecule has 0 saturated carbocycles. The van der Waals surface area contributed by atoms with Gasteiger partial charge in [0.2, 0.25) is 0 Å². The second-order valence-corrected chi connectivity index (χ2v) is 6.07. The zero-order valence-corrected chi connectivity index (χ0v) is 13.2. The van der Waals surface area contributed by atoms with Gasteiger partial charge >= 0.3 is 0 Å². The molecule has 0 aliphatic carbocycles. The summed E-state index contributed by atoms with van der Waals surface area (Å²) in [6, 6.07) is 13.6. The molecule has 0 radical (unpaired) electrons. The van der Waals surface area contributed by atoms with E-state index in [-0.39, 0.29) is 5.75 Å². The normalized spacial score (nSPS) is 14.6. The third kappa shape index (κ3) is 2.61. The first-order valence-corrected chi connectivity index (χ1v) is 8.03. The summed E-state index contributed by atoms with van der Waals surface area (Å²) >= 11 is 0. The maximum atomic E-state index is 9.69. The molecule has 3 aromatic rings. The summed E-state index contributed by atoms with van der Waals surface area (Å²) in [5.74, 6) is 2.12. The summed E-state index contributed by atoms with van der Waals surface area (Å²) in [7, 11) is 0. The Hall–Kier alpha value is -2.62. The third-order valence-electron chi connectivity index (χ3n) is 4.37. The highest BCUT2D eigenvalue weighted by Gasteiger charge is 2.17. The van der Waals surface area contributed by atoms with E-state index in [1.165, 1.54) is 12.8 Å². The lowest BCUT2D eigenvalue weighted by atomic mass is 10.0. The quantitative estimate of drug-likeness (QED) is 0.780. The van der Waals surface area contributed by atoms with Gasteiger partial charge in [-0.15, -0.1) is 0 Å². The fourth-order valence-corrected chi connectivity index (χ4v) is 3.26. The van der Waals surface area contributed by atoms with Gasteiger partial charge in [-0.2, -0.15) is 0 Å². The van der Waals surface area contributed by atoms with E-state index in [1.54, 1.807) is 12.1 Å². The molecule has 0 unspecified atom stereocenters. The van der Waals surface area contributed by atoms with Crippen molar-refractivity contribution in [3.8, 4) is 16.9 Å². The van der Waals surface area contributed by atoms with Crippen molar-refractivity contribution >= 4 is 16.7 Å². The van der Waals surface area contributed by atoms with Gasteiger partial charge in [-0.3, -0.25) is 0 Å². The lowest BCUT2D eigenvalue weighted by Crippen LogP contribution is -2.20. The summed E-state index contributed by atoms with van der Waals surface area (Å²) in [6.07, 6.45) is 2.46. The zero-order valence-electron chi connectivity index (χ0n) is 13.2. The predicted molar refractivity (Wildman–Crippen MR) is 92.8 cm³/mol. The zero-order chi connectivity index (χ0) is 15.8. The molecule has 1 aromatic heterocycles. The number of hydrogen-bond acceptors (Lipinski definition) is 4. The van der Waals surface area contributed by atoms with Crippen molar-refractivity contribution in [2.75, 3.05) is 18.0 Å². The van der Waals surface area contributed by atoms with Crippen molar-refractivity contribution in [3.63, 3.8) is 0 Å². The fraction of sp³-hybridized carbons (Fsp3) is 0.263. The number of aromatic nitrogens is 2. The Balaban J connectivity index is 1.86. The average molecular weight is 305 g/mol. The minimum Gasteiger partial charge on any atom is -0.508 e. The Kier molecular flexibility index (Phi) is 3.37. The molecule has 2 aromatic carbocycles. The van der Waals surface area contributed by atoms with Crippen LogP contribution in [0.25, 0.3) is 22.0 Å². The van der Waals surface area contributed by atoms with E-state index in [0.29, 0.717) is 0 Å². The molecule has 1 fully saturated rings. The summed E-state index contributed by atoms with van der Waals surface area (Å²) in [6.45, 7) is 4.08. The van der Waals surface area contributed by atoms with E-state index >= 15 is 0 Å². The van der Waals surface area contributed by atoms with Crippen LogP contribution in [0.1, 0.15) is 18.7 Å². The largest absolute Gasteiger partial charge is 0.508 e. The molecule has 0 atom stereocenters. The van der Waals surface area contributed by atoms with Crippen LogP contribution in [0.3, 0.4) is 0 Å². The van der Waals surface area contributed by atoms with Gasteiger partial charge in [0.15, 0.2) is 0 Å². The maximum Gasteiger partial charge on any atom is 0.140 e. The molecular weight excluding hydrogens is 286 g/mol. The SMILES string of the molecule is Cc1nc(N2CCCC2)c2ccc(-c3cccc(O)c3)cc2n1. The monoisotopic (exact) mass is 305 g/mol. The molecule has 0 bridgehead atoms. The van der Waals surface area contributed by atoms with Crippen LogP contribution in [0.2, 0.25) is 0 Å². The summed E-state index contributed by atoms with van der Waals surface area (Å²) in [4.78, 5) is 11.6. The topological polar surface area (TPSA) is 49.2 Å². The van der Waals surface area contributed by atoms with Crippen molar-refractivity contribution in [2.24, 2.45) is 0 Å². The highest BCUT2D eigenvalue weighted by Crippen LogP contribution is 2.31. The van der Waals surface area contributed by atoms with E-state index in [0.717, 1.165) is 46.8 Å². The molecule has 1 aliphatic rings. The van der Waals surface area contributed by atoms with Gasteiger partial charge in [-0.1, -0.05) is 18.2 Å². The number of benzene rings is 2. The number of fused-ring (bicyclic) bond motifs is 1. The number of aromatic hydroxyl groups is 1. The molecule has 4 heteroatoms. The van der Waals surface area contributed by atoms with Crippen LogP contribution in [-0.2, 0) is 0 Å². The molecule has 4 nitrogen and oxygen atoms in total. The van der Waals surface area contributed by atoms with Crippen molar-refractivity contribution < 1.29 is 5.11 Å².